The van der Waals surface area contributed by atoms with E-state index in [1.165, 1.54) is 0 Å². The van der Waals surface area contributed by atoms with Gasteiger partial charge in [0.15, 0.2) is 6.29 Å². The summed E-state index contributed by atoms with van der Waals surface area (Å²) in [5.74, 6) is 0.893. The van der Waals surface area contributed by atoms with Crippen LogP contribution < -0.4 is 0 Å². The van der Waals surface area contributed by atoms with Crippen LogP contribution in [0.15, 0.2) is 0 Å². The molecule has 0 atom stereocenters. The molecule has 60 valence electrons. The molecule has 0 fully saturated rings. The van der Waals surface area contributed by atoms with Crippen molar-refractivity contribution in [3.8, 4) is 0 Å². The second-order valence-electron chi connectivity index (χ2n) is 2.52. The molecular weight excluding hydrogens is 140 g/mol. The van der Waals surface area contributed by atoms with E-state index in [9.17, 15) is 4.79 Å². The van der Waals surface area contributed by atoms with Gasteiger partial charge in [0, 0.05) is 7.05 Å². The van der Waals surface area contributed by atoms with E-state index in [-0.39, 0.29) is 0 Å². The first-order chi connectivity index (χ1) is 5.20. The minimum atomic E-state index is 0.699. The van der Waals surface area contributed by atoms with Crippen LogP contribution in [0.1, 0.15) is 28.9 Å². The number of carbonyl (C=O) groups is 1. The molecule has 3 nitrogen and oxygen atoms in total. The Balaban J connectivity index is 3.26. The Kier molecular flexibility index (Phi) is 2.08. The molecule has 0 amide bonds. The van der Waals surface area contributed by atoms with Crippen molar-refractivity contribution in [2.24, 2.45) is 7.05 Å². The fourth-order valence-corrected chi connectivity index (χ4v) is 1.10. The third-order valence-electron chi connectivity index (χ3n) is 1.89. The summed E-state index contributed by atoms with van der Waals surface area (Å²) >= 11 is 0. The predicted octanol–water partition coefficient (Wildman–Crippen LogP) is 1.10. The Morgan fingerprint density at radius 1 is 1.64 bits per heavy atom. The number of hydrogen-bond donors (Lipinski definition) is 0. The average molecular weight is 152 g/mol. The third kappa shape index (κ3) is 1.18. The predicted molar refractivity (Wildman–Crippen MR) is 42.7 cm³/mol. The van der Waals surface area contributed by atoms with Crippen LogP contribution >= 0.6 is 0 Å². The van der Waals surface area contributed by atoms with Gasteiger partial charge in [-0.1, -0.05) is 6.92 Å². The molecule has 0 saturated heterocycles. The molecule has 0 saturated carbocycles. The van der Waals surface area contributed by atoms with Gasteiger partial charge in [0.1, 0.15) is 11.5 Å². The van der Waals surface area contributed by atoms with Gasteiger partial charge >= 0.3 is 0 Å². The molecule has 0 aliphatic carbocycles. The standard InChI is InChI=1S/C8H12N2O/c1-4-7-8(5-11)10(3)6(2)9-7/h5H,4H2,1-3H3. The van der Waals surface area contributed by atoms with Crippen molar-refractivity contribution in [2.45, 2.75) is 20.3 Å². The lowest BCUT2D eigenvalue weighted by molar-refractivity contribution is 0.111. The third-order valence-corrected chi connectivity index (χ3v) is 1.89. The summed E-state index contributed by atoms with van der Waals surface area (Å²) in [6.45, 7) is 3.89. The van der Waals surface area contributed by atoms with Crippen LogP contribution in [0.2, 0.25) is 0 Å². The molecule has 11 heavy (non-hydrogen) atoms. The van der Waals surface area contributed by atoms with Gasteiger partial charge in [0.2, 0.25) is 0 Å². The van der Waals surface area contributed by atoms with Gasteiger partial charge in [0.05, 0.1) is 5.69 Å². The summed E-state index contributed by atoms with van der Waals surface area (Å²) in [4.78, 5) is 14.8. The highest BCUT2D eigenvalue weighted by molar-refractivity contribution is 5.74. The van der Waals surface area contributed by atoms with E-state index < -0.39 is 0 Å². The molecular formula is C8H12N2O. The van der Waals surface area contributed by atoms with Crippen LogP contribution in [0.3, 0.4) is 0 Å². The highest BCUT2D eigenvalue weighted by Crippen LogP contribution is 2.07. The summed E-state index contributed by atoms with van der Waals surface area (Å²) in [6, 6.07) is 0. The number of imidazole rings is 1. The molecule has 0 N–H and O–H groups in total. The van der Waals surface area contributed by atoms with E-state index >= 15 is 0 Å². The van der Waals surface area contributed by atoms with Crippen molar-refractivity contribution in [1.82, 2.24) is 9.55 Å². The molecule has 1 heterocycles. The number of rotatable bonds is 2. The molecule has 0 aliphatic rings. The van der Waals surface area contributed by atoms with E-state index in [0.29, 0.717) is 5.69 Å². The van der Waals surface area contributed by atoms with Crippen LogP contribution in [0.4, 0.5) is 0 Å². The first-order valence-corrected chi connectivity index (χ1v) is 3.68. The Labute approximate surface area is 66.1 Å². The van der Waals surface area contributed by atoms with Gasteiger partial charge < -0.3 is 4.57 Å². The fraction of sp³-hybridized carbons (Fsp3) is 0.500. The maximum atomic E-state index is 10.6. The number of carbonyl (C=O) groups excluding carboxylic acids is 1. The molecule has 0 aromatic carbocycles. The largest absolute Gasteiger partial charge is 0.329 e. The van der Waals surface area contributed by atoms with Gasteiger partial charge in [-0.25, -0.2) is 4.98 Å². The van der Waals surface area contributed by atoms with Gasteiger partial charge in [0.25, 0.3) is 0 Å². The van der Waals surface area contributed by atoms with Gasteiger partial charge in [-0.05, 0) is 13.3 Å². The van der Waals surface area contributed by atoms with E-state index in [4.69, 9.17) is 0 Å². The number of aryl methyl sites for hydroxylation is 2. The van der Waals surface area contributed by atoms with Gasteiger partial charge in [-0.3, -0.25) is 4.79 Å². The Morgan fingerprint density at radius 3 is 2.64 bits per heavy atom. The lowest BCUT2D eigenvalue weighted by Crippen LogP contribution is -1.97. The van der Waals surface area contributed by atoms with Crippen LogP contribution in [0.5, 0.6) is 0 Å². The van der Waals surface area contributed by atoms with Crippen molar-refractivity contribution in [3.63, 3.8) is 0 Å². The van der Waals surface area contributed by atoms with Crippen LogP contribution in [-0.2, 0) is 13.5 Å². The fourth-order valence-electron chi connectivity index (χ4n) is 1.10. The second kappa shape index (κ2) is 2.86. The van der Waals surface area contributed by atoms with E-state index in [2.05, 4.69) is 4.98 Å². The Bertz CT molecular complexity index is 276. The smallest absolute Gasteiger partial charge is 0.168 e. The maximum absolute atomic E-state index is 10.6. The van der Waals surface area contributed by atoms with Gasteiger partial charge in [-0.2, -0.15) is 0 Å². The topological polar surface area (TPSA) is 34.9 Å². The highest BCUT2D eigenvalue weighted by Gasteiger charge is 2.08. The number of hydrogen-bond acceptors (Lipinski definition) is 2. The van der Waals surface area contributed by atoms with E-state index in [0.717, 1.165) is 24.2 Å². The van der Waals surface area contributed by atoms with Crippen molar-refractivity contribution in [1.29, 1.82) is 0 Å². The Hall–Kier alpha value is -1.12. The summed E-state index contributed by atoms with van der Waals surface area (Å²) in [5.41, 5.74) is 1.59. The molecule has 0 bridgehead atoms. The number of aldehydes is 1. The molecule has 1 aromatic rings. The SMILES string of the molecule is CCc1nc(C)n(C)c1C=O. The van der Waals surface area contributed by atoms with E-state index in [1.807, 2.05) is 25.5 Å². The summed E-state index contributed by atoms with van der Waals surface area (Å²) < 4.78 is 1.81. The number of aromatic nitrogens is 2. The van der Waals surface area contributed by atoms with Crippen molar-refractivity contribution in [2.75, 3.05) is 0 Å². The normalized spacial score (nSPS) is 10.1. The molecule has 3 heteroatoms. The first-order valence-electron chi connectivity index (χ1n) is 3.68. The summed E-state index contributed by atoms with van der Waals surface area (Å²) in [6.07, 6.45) is 1.68. The van der Waals surface area contributed by atoms with Crippen molar-refractivity contribution in [3.05, 3.63) is 17.2 Å². The van der Waals surface area contributed by atoms with Crippen molar-refractivity contribution < 1.29 is 4.79 Å². The highest BCUT2D eigenvalue weighted by atomic mass is 16.1. The average Bonchev–Trinajstić information content (AvgIpc) is 2.28. The second-order valence-corrected chi connectivity index (χ2v) is 2.52. The Morgan fingerprint density at radius 2 is 2.27 bits per heavy atom. The molecule has 1 rings (SSSR count). The zero-order valence-electron chi connectivity index (χ0n) is 7.09. The lowest BCUT2D eigenvalue weighted by atomic mass is 10.3. The zero-order valence-corrected chi connectivity index (χ0v) is 7.09. The van der Waals surface area contributed by atoms with E-state index in [1.54, 1.807) is 0 Å². The zero-order chi connectivity index (χ0) is 8.43. The quantitative estimate of drug-likeness (QED) is 0.595. The van der Waals surface area contributed by atoms with Crippen molar-refractivity contribution >= 4 is 6.29 Å². The summed E-state index contributed by atoms with van der Waals surface area (Å²) in [7, 11) is 1.85. The minimum absolute atomic E-state index is 0.699. The molecule has 0 spiro atoms. The maximum Gasteiger partial charge on any atom is 0.168 e. The monoisotopic (exact) mass is 152 g/mol. The number of nitrogens with zero attached hydrogens (tertiary/aromatic N) is 2. The van der Waals surface area contributed by atoms with Gasteiger partial charge in [-0.15, -0.1) is 0 Å². The molecule has 1 aromatic heterocycles. The van der Waals surface area contributed by atoms with Crippen LogP contribution in [0.25, 0.3) is 0 Å². The summed E-state index contributed by atoms with van der Waals surface area (Å²) in [5, 5.41) is 0. The lowest BCUT2D eigenvalue weighted by Gasteiger charge is -1.95. The molecule has 0 radical (unpaired) electrons. The van der Waals surface area contributed by atoms with Crippen LogP contribution in [0, 0.1) is 6.92 Å². The minimum Gasteiger partial charge on any atom is -0.329 e. The molecule has 0 unspecified atom stereocenters. The van der Waals surface area contributed by atoms with Crippen LogP contribution in [-0.4, -0.2) is 15.8 Å². The first kappa shape index (κ1) is 7.98. The molecule has 0 aliphatic heterocycles.